The first-order valence-corrected chi connectivity index (χ1v) is 5.05. The minimum absolute atomic E-state index is 0.0158. The summed E-state index contributed by atoms with van der Waals surface area (Å²) in [7, 11) is 0. The predicted molar refractivity (Wildman–Crippen MR) is 60.8 cm³/mol. The van der Waals surface area contributed by atoms with Crippen LogP contribution in [0.5, 0.6) is 0 Å². The Kier molecular flexibility index (Phi) is 4.38. The van der Waals surface area contributed by atoms with Gasteiger partial charge in [-0.2, -0.15) is 0 Å². The van der Waals surface area contributed by atoms with Crippen molar-refractivity contribution in [2.75, 3.05) is 18.5 Å². The smallest absolute Gasteiger partial charge is 0.325 e. The molecule has 92 valence electrons. The molecule has 17 heavy (non-hydrogen) atoms. The summed E-state index contributed by atoms with van der Waals surface area (Å²) in [6, 6.07) is 1.51. The number of pyridine rings is 1. The quantitative estimate of drug-likeness (QED) is 0.472. The second-order valence-corrected chi connectivity index (χ2v) is 3.27. The van der Waals surface area contributed by atoms with Crippen LogP contribution in [0.3, 0.4) is 0 Å². The molecule has 0 aliphatic rings. The number of rotatable bonds is 5. The van der Waals surface area contributed by atoms with Gasteiger partial charge in [-0.05, 0) is 19.9 Å². The van der Waals surface area contributed by atoms with Crippen molar-refractivity contribution in [2.45, 2.75) is 13.8 Å². The highest BCUT2D eigenvalue weighted by molar-refractivity contribution is 5.74. The van der Waals surface area contributed by atoms with Gasteiger partial charge in [0.05, 0.1) is 11.5 Å². The molecule has 1 N–H and O–H groups in total. The van der Waals surface area contributed by atoms with E-state index in [1.165, 1.54) is 6.07 Å². The number of nitrogens with zero attached hydrogens (tertiary/aromatic N) is 2. The van der Waals surface area contributed by atoms with Crippen molar-refractivity contribution >= 4 is 17.5 Å². The van der Waals surface area contributed by atoms with Gasteiger partial charge in [0, 0.05) is 5.56 Å². The maximum atomic E-state index is 11.1. The molecular weight excluding hydrogens is 226 g/mol. The summed E-state index contributed by atoms with van der Waals surface area (Å²) in [5.41, 5.74) is 0.433. The number of carbonyl (C=O) groups is 1. The summed E-state index contributed by atoms with van der Waals surface area (Å²) >= 11 is 0. The van der Waals surface area contributed by atoms with Gasteiger partial charge in [0.2, 0.25) is 0 Å². The highest BCUT2D eigenvalue weighted by atomic mass is 16.6. The second-order valence-electron chi connectivity index (χ2n) is 3.27. The van der Waals surface area contributed by atoms with Crippen molar-refractivity contribution in [1.29, 1.82) is 0 Å². The number of nitro groups is 1. The van der Waals surface area contributed by atoms with Crippen LogP contribution in [0.1, 0.15) is 12.5 Å². The Morgan fingerprint density at radius 1 is 1.65 bits per heavy atom. The summed E-state index contributed by atoms with van der Waals surface area (Å²) in [6.45, 7) is 3.62. The van der Waals surface area contributed by atoms with E-state index < -0.39 is 10.9 Å². The first-order chi connectivity index (χ1) is 8.04. The molecule has 1 aromatic rings. The average molecular weight is 239 g/mol. The van der Waals surface area contributed by atoms with Crippen LogP contribution in [0.15, 0.2) is 12.3 Å². The molecular formula is C10H13N3O4. The molecule has 0 aliphatic carbocycles. The van der Waals surface area contributed by atoms with E-state index in [-0.39, 0.29) is 12.2 Å². The van der Waals surface area contributed by atoms with Gasteiger partial charge in [-0.15, -0.1) is 0 Å². The lowest BCUT2D eigenvalue weighted by Crippen LogP contribution is -2.17. The monoisotopic (exact) mass is 239 g/mol. The largest absolute Gasteiger partial charge is 0.465 e. The average Bonchev–Trinajstić information content (AvgIpc) is 2.26. The zero-order valence-electron chi connectivity index (χ0n) is 9.60. The van der Waals surface area contributed by atoms with Crippen LogP contribution in [-0.4, -0.2) is 29.0 Å². The number of ether oxygens (including phenoxy) is 1. The number of nitrogens with one attached hydrogen (secondary N) is 1. The molecule has 1 rings (SSSR count). The van der Waals surface area contributed by atoms with Crippen LogP contribution in [0, 0.1) is 17.0 Å². The van der Waals surface area contributed by atoms with Crippen LogP contribution < -0.4 is 5.32 Å². The van der Waals surface area contributed by atoms with Crippen molar-refractivity contribution < 1.29 is 14.5 Å². The van der Waals surface area contributed by atoms with Gasteiger partial charge in [-0.1, -0.05) is 0 Å². The molecule has 7 heteroatoms. The highest BCUT2D eigenvalue weighted by Crippen LogP contribution is 2.18. The van der Waals surface area contributed by atoms with E-state index in [1.807, 2.05) is 0 Å². The molecule has 0 bridgehead atoms. The van der Waals surface area contributed by atoms with Crippen molar-refractivity contribution in [1.82, 2.24) is 4.98 Å². The van der Waals surface area contributed by atoms with Crippen LogP contribution in [-0.2, 0) is 9.53 Å². The van der Waals surface area contributed by atoms with Crippen LogP contribution in [0.4, 0.5) is 11.5 Å². The number of aryl methyl sites for hydroxylation is 1. The molecule has 0 unspecified atom stereocenters. The van der Waals surface area contributed by atoms with Crippen molar-refractivity contribution in [3.8, 4) is 0 Å². The number of esters is 1. The number of hydrogen-bond donors (Lipinski definition) is 1. The van der Waals surface area contributed by atoms with Gasteiger partial charge < -0.3 is 10.1 Å². The Labute approximate surface area is 98.0 Å². The summed E-state index contributed by atoms with van der Waals surface area (Å²) in [6.07, 6.45) is 1.16. The molecule has 1 heterocycles. The molecule has 0 saturated heterocycles. The predicted octanol–water partition coefficient (Wildman–Crippen LogP) is 1.27. The lowest BCUT2D eigenvalue weighted by Gasteiger charge is -2.05. The molecule has 0 saturated carbocycles. The number of aromatic nitrogens is 1. The second kappa shape index (κ2) is 5.78. The SMILES string of the molecule is CCOC(=O)CNc1cc(C)c([N+](=O)[O-])cn1. The summed E-state index contributed by atoms with van der Waals surface area (Å²) < 4.78 is 4.72. The Bertz CT molecular complexity index is 434. The topological polar surface area (TPSA) is 94.4 Å². The molecule has 0 amide bonds. The van der Waals surface area contributed by atoms with E-state index in [2.05, 4.69) is 10.3 Å². The number of hydrogen-bond acceptors (Lipinski definition) is 6. The lowest BCUT2D eigenvalue weighted by molar-refractivity contribution is -0.385. The van der Waals surface area contributed by atoms with Gasteiger partial charge in [0.1, 0.15) is 18.6 Å². The van der Waals surface area contributed by atoms with Crippen LogP contribution >= 0.6 is 0 Å². The van der Waals surface area contributed by atoms with Gasteiger partial charge >= 0.3 is 5.97 Å². The van der Waals surface area contributed by atoms with Crippen LogP contribution in [0.25, 0.3) is 0 Å². The minimum atomic E-state index is -0.503. The Morgan fingerprint density at radius 2 is 2.35 bits per heavy atom. The van der Waals surface area contributed by atoms with Gasteiger partial charge in [-0.3, -0.25) is 14.9 Å². The maximum absolute atomic E-state index is 11.1. The maximum Gasteiger partial charge on any atom is 0.325 e. The summed E-state index contributed by atoms with van der Waals surface area (Å²) in [5.74, 6) is 0.00598. The Balaban J connectivity index is 2.65. The zero-order valence-corrected chi connectivity index (χ0v) is 9.60. The van der Waals surface area contributed by atoms with Gasteiger partial charge in [0.15, 0.2) is 0 Å². The lowest BCUT2D eigenvalue weighted by atomic mass is 10.2. The highest BCUT2D eigenvalue weighted by Gasteiger charge is 2.11. The summed E-state index contributed by atoms with van der Waals surface area (Å²) in [4.78, 5) is 24.9. The normalized spacial score (nSPS) is 9.76. The zero-order chi connectivity index (χ0) is 12.8. The van der Waals surface area contributed by atoms with E-state index in [0.717, 1.165) is 6.20 Å². The van der Waals surface area contributed by atoms with Gasteiger partial charge in [0.25, 0.3) is 5.69 Å². The van der Waals surface area contributed by atoms with E-state index in [4.69, 9.17) is 4.74 Å². The molecule has 0 atom stereocenters. The van der Waals surface area contributed by atoms with Crippen molar-refractivity contribution in [3.63, 3.8) is 0 Å². The fraction of sp³-hybridized carbons (Fsp3) is 0.400. The van der Waals surface area contributed by atoms with E-state index in [0.29, 0.717) is 18.0 Å². The molecule has 1 aromatic heterocycles. The molecule has 0 spiro atoms. The van der Waals surface area contributed by atoms with E-state index in [1.54, 1.807) is 13.8 Å². The third kappa shape index (κ3) is 3.71. The Hall–Kier alpha value is -2.18. The molecule has 0 radical (unpaired) electrons. The van der Waals surface area contributed by atoms with E-state index >= 15 is 0 Å². The van der Waals surface area contributed by atoms with Gasteiger partial charge in [-0.25, -0.2) is 4.98 Å². The summed E-state index contributed by atoms with van der Waals surface area (Å²) in [5, 5.41) is 13.3. The molecule has 0 fully saturated rings. The van der Waals surface area contributed by atoms with Crippen LogP contribution in [0.2, 0.25) is 0 Å². The molecule has 0 aromatic carbocycles. The third-order valence-electron chi connectivity index (χ3n) is 2.00. The fourth-order valence-corrected chi connectivity index (χ4v) is 1.21. The standard InChI is InChI=1S/C10H13N3O4/c1-3-17-10(14)6-12-9-4-7(2)8(5-11-9)13(15)16/h4-5H,3,6H2,1-2H3,(H,11,12). The fourth-order valence-electron chi connectivity index (χ4n) is 1.21. The Morgan fingerprint density at radius 3 is 2.88 bits per heavy atom. The third-order valence-corrected chi connectivity index (χ3v) is 2.00. The van der Waals surface area contributed by atoms with Crippen molar-refractivity contribution in [3.05, 3.63) is 27.9 Å². The number of carbonyl (C=O) groups excluding carboxylic acids is 1. The molecule has 0 aliphatic heterocycles. The van der Waals surface area contributed by atoms with Crippen molar-refractivity contribution in [2.24, 2.45) is 0 Å². The van der Waals surface area contributed by atoms with E-state index in [9.17, 15) is 14.9 Å². The minimum Gasteiger partial charge on any atom is -0.465 e. The first kappa shape index (κ1) is 12.9. The molecule has 7 nitrogen and oxygen atoms in total. The number of anilines is 1. The first-order valence-electron chi connectivity index (χ1n) is 5.05.